The number of anilines is 3. The molecule has 3 aromatic rings. The van der Waals surface area contributed by atoms with E-state index in [1.807, 2.05) is 0 Å². The first kappa shape index (κ1) is 21.9. The van der Waals surface area contributed by atoms with E-state index in [1.54, 1.807) is 71.6 Å². The molecule has 1 aliphatic rings. The van der Waals surface area contributed by atoms with Crippen molar-refractivity contribution in [1.82, 2.24) is 0 Å². The molecule has 2 amide bonds. The molecule has 0 spiro atoms. The average molecular weight is 470 g/mol. The molecule has 0 saturated carbocycles. The zero-order valence-electron chi connectivity index (χ0n) is 16.9. The SMILES string of the molecule is O=C(Nc1ccccc1NS(=O)(=O)c1ccccc1)C1CC(=O)N(c2ccc(Cl)cc2)C1. The van der Waals surface area contributed by atoms with Crippen molar-refractivity contribution < 1.29 is 18.0 Å². The topological polar surface area (TPSA) is 95.6 Å². The van der Waals surface area contributed by atoms with Crippen LogP contribution in [0.2, 0.25) is 5.02 Å². The van der Waals surface area contributed by atoms with Crippen molar-refractivity contribution in [1.29, 1.82) is 0 Å². The molecular formula is C23H20ClN3O4S. The van der Waals surface area contributed by atoms with Crippen LogP contribution in [0.5, 0.6) is 0 Å². The van der Waals surface area contributed by atoms with Crippen LogP contribution in [-0.4, -0.2) is 26.8 Å². The van der Waals surface area contributed by atoms with Crippen LogP contribution >= 0.6 is 11.6 Å². The number of hydrogen-bond donors (Lipinski definition) is 2. The van der Waals surface area contributed by atoms with E-state index in [4.69, 9.17) is 11.6 Å². The van der Waals surface area contributed by atoms with Gasteiger partial charge >= 0.3 is 0 Å². The van der Waals surface area contributed by atoms with Gasteiger partial charge in [0.1, 0.15) is 0 Å². The monoisotopic (exact) mass is 469 g/mol. The summed E-state index contributed by atoms with van der Waals surface area (Å²) in [5.74, 6) is -1.09. The lowest BCUT2D eigenvalue weighted by atomic mass is 10.1. The van der Waals surface area contributed by atoms with E-state index in [-0.39, 0.29) is 35.4 Å². The number of rotatable bonds is 6. The van der Waals surface area contributed by atoms with Crippen molar-refractivity contribution in [3.05, 3.63) is 83.9 Å². The van der Waals surface area contributed by atoms with Gasteiger partial charge in [0.2, 0.25) is 11.8 Å². The molecule has 1 saturated heterocycles. The number of benzene rings is 3. The Morgan fingerprint density at radius 3 is 2.22 bits per heavy atom. The Labute approximate surface area is 191 Å². The third-order valence-electron chi connectivity index (χ3n) is 5.12. The second-order valence-electron chi connectivity index (χ2n) is 7.34. The van der Waals surface area contributed by atoms with Crippen molar-refractivity contribution in [3.63, 3.8) is 0 Å². The summed E-state index contributed by atoms with van der Waals surface area (Å²) < 4.78 is 27.9. The Morgan fingerprint density at radius 2 is 1.53 bits per heavy atom. The Hall–Kier alpha value is -3.36. The third kappa shape index (κ3) is 4.76. The van der Waals surface area contributed by atoms with Gasteiger partial charge in [-0.15, -0.1) is 0 Å². The maximum Gasteiger partial charge on any atom is 0.261 e. The second-order valence-corrected chi connectivity index (χ2v) is 9.45. The van der Waals surface area contributed by atoms with E-state index in [0.717, 1.165) is 0 Å². The molecule has 0 radical (unpaired) electrons. The number of para-hydroxylation sites is 2. The van der Waals surface area contributed by atoms with Gasteiger partial charge in [-0.25, -0.2) is 8.42 Å². The first-order valence-corrected chi connectivity index (χ1v) is 11.7. The van der Waals surface area contributed by atoms with Crippen molar-refractivity contribution in [2.45, 2.75) is 11.3 Å². The molecule has 3 aromatic carbocycles. The van der Waals surface area contributed by atoms with Crippen LogP contribution in [-0.2, 0) is 19.6 Å². The Bertz CT molecular complexity index is 1250. The van der Waals surface area contributed by atoms with Gasteiger partial charge in [-0.05, 0) is 48.5 Å². The number of carbonyl (C=O) groups is 2. The highest BCUT2D eigenvalue weighted by molar-refractivity contribution is 7.92. The third-order valence-corrected chi connectivity index (χ3v) is 6.75. The van der Waals surface area contributed by atoms with Gasteiger partial charge in [-0.3, -0.25) is 14.3 Å². The van der Waals surface area contributed by atoms with Gasteiger partial charge in [-0.2, -0.15) is 0 Å². The molecule has 0 aromatic heterocycles. The molecule has 1 atom stereocenters. The van der Waals surface area contributed by atoms with E-state index in [0.29, 0.717) is 16.4 Å². The number of hydrogen-bond acceptors (Lipinski definition) is 4. The highest BCUT2D eigenvalue weighted by atomic mass is 35.5. The van der Waals surface area contributed by atoms with Crippen LogP contribution < -0.4 is 14.9 Å². The Morgan fingerprint density at radius 1 is 0.906 bits per heavy atom. The van der Waals surface area contributed by atoms with E-state index in [2.05, 4.69) is 10.0 Å². The Balaban J connectivity index is 1.49. The van der Waals surface area contributed by atoms with Crippen molar-refractivity contribution in [2.75, 3.05) is 21.5 Å². The molecule has 1 unspecified atom stereocenters. The van der Waals surface area contributed by atoms with Crippen LogP contribution in [0.15, 0.2) is 83.8 Å². The van der Waals surface area contributed by atoms with Gasteiger partial charge < -0.3 is 10.2 Å². The highest BCUT2D eigenvalue weighted by Crippen LogP contribution is 2.29. The maximum absolute atomic E-state index is 12.9. The molecule has 0 bridgehead atoms. The normalized spacial score (nSPS) is 16.1. The summed E-state index contributed by atoms with van der Waals surface area (Å²) in [6, 6.07) is 21.3. The lowest BCUT2D eigenvalue weighted by molar-refractivity contribution is -0.122. The number of halogens is 1. The first-order valence-electron chi connectivity index (χ1n) is 9.87. The number of carbonyl (C=O) groups excluding carboxylic acids is 2. The van der Waals surface area contributed by atoms with Gasteiger partial charge in [0.15, 0.2) is 0 Å². The van der Waals surface area contributed by atoms with Crippen molar-refractivity contribution >= 4 is 50.5 Å². The average Bonchev–Trinajstić information content (AvgIpc) is 3.18. The smallest absolute Gasteiger partial charge is 0.261 e. The molecule has 7 nitrogen and oxygen atoms in total. The molecule has 4 rings (SSSR count). The molecule has 1 heterocycles. The number of nitrogens with one attached hydrogen (secondary N) is 2. The van der Waals surface area contributed by atoms with Crippen molar-refractivity contribution in [3.8, 4) is 0 Å². The standard InChI is InChI=1S/C23H20ClN3O4S/c24-17-10-12-18(13-11-17)27-15-16(14-22(27)28)23(29)25-20-8-4-5-9-21(20)26-32(30,31)19-6-2-1-3-7-19/h1-13,16,26H,14-15H2,(H,25,29). The summed E-state index contributed by atoms with van der Waals surface area (Å²) in [5.41, 5.74) is 1.23. The largest absolute Gasteiger partial charge is 0.324 e. The number of amides is 2. The van der Waals surface area contributed by atoms with Crippen LogP contribution in [0, 0.1) is 5.92 Å². The maximum atomic E-state index is 12.9. The van der Waals surface area contributed by atoms with Gasteiger partial charge in [0.05, 0.1) is 22.2 Å². The minimum Gasteiger partial charge on any atom is -0.324 e. The van der Waals surface area contributed by atoms with Gasteiger partial charge in [0.25, 0.3) is 10.0 Å². The van der Waals surface area contributed by atoms with Gasteiger partial charge in [-0.1, -0.05) is 41.9 Å². The zero-order valence-corrected chi connectivity index (χ0v) is 18.4. The molecular weight excluding hydrogens is 450 g/mol. The molecule has 1 fully saturated rings. The predicted molar refractivity (Wildman–Crippen MR) is 124 cm³/mol. The predicted octanol–water partition coefficient (Wildman–Crippen LogP) is 4.13. The van der Waals surface area contributed by atoms with E-state index in [9.17, 15) is 18.0 Å². The fourth-order valence-electron chi connectivity index (χ4n) is 3.47. The summed E-state index contributed by atoms with van der Waals surface area (Å²) in [6.07, 6.45) is 0.0619. The molecule has 164 valence electrons. The molecule has 2 N–H and O–H groups in total. The van der Waals surface area contributed by atoms with Crippen LogP contribution in [0.1, 0.15) is 6.42 Å². The zero-order chi connectivity index (χ0) is 22.7. The van der Waals surface area contributed by atoms with E-state index >= 15 is 0 Å². The first-order chi connectivity index (χ1) is 15.3. The molecule has 32 heavy (non-hydrogen) atoms. The fraction of sp³-hybridized carbons (Fsp3) is 0.130. The molecule has 1 aliphatic heterocycles. The van der Waals surface area contributed by atoms with Gasteiger partial charge in [0, 0.05) is 23.7 Å². The van der Waals surface area contributed by atoms with Crippen molar-refractivity contribution in [2.24, 2.45) is 5.92 Å². The summed E-state index contributed by atoms with van der Waals surface area (Å²) in [6.45, 7) is 0.226. The highest BCUT2D eigenvalue weighted by Gasteiger charge is 2.35. The minimum atomic E-state index is -3.82. The van der Waals surface area contributed by atoms with E-state index < -0.39 is 15.9 Å². The quantitative estimate of drug-likeness (QED) is 0.567. The summed E-state index contributed by atoms with van der Waals surface area (Å²) in [7, 11) is -3.82. The lowest BCUT2D eigenvalue weighted by Gasteiger charge is -2.17. The molecule has 9 heteroatoms. The Kier molecular flexibility index (Phi) is 6.16. The summed E-state index contributed by atoms with van der Waals surface area (Å²) >= 11 is 5.91. The number of sulfonamides is 1. The van der Waals surface area contributed by atoms with E-state index in [1.165, 1.54) is 12.1 Å². The fourth-order valence-corrected chi connectivity index (χ4v) is 4.70. The molecule has 0 aliphatic carbocycles. The van der Waals surface area contributed by atoms with Crippen LogP contribution in [0.25, 0.3) is 0 Å². The lowest BCUT2D eigenvalue weighted by Crippen LogP contribution is -2.28. The van der Waals surface area contributed by atoms with Crippen LogP contribution in [0.4, 0.5) is 17.1 Å². The second kappa shape index (κ2) is 9.02. The summed E-state index contributed by atoms with van der Waals surface area (Å²) in [5, 5.41) is 3.32. The number of nitrogens with zero attached hydrogens (tertiary/aromatic N) is 1. The summed E-state index contributed by atoms with van der Waals surface area (Å²) in [4.78, 5) is 27.0. The minimum absolute atomic E-state index is 0.0619. The van der Waals surface area contributed by atoms with Crippen LogP contribution in [0.3, 0.4) is 0 Å².